The highest BCUT2D eigenvalue weighted by Gasteiger charge is 2.39. The summed E-state index contributed by atoms with van der Waals surface area (Å²) in [5.74, 6) is -0.668. The Morgan fingerprint density at radius 2 is 2.10 bits per heavy atom. The molecule has 1 aliphatic rings. The van der Waals surface area contributed by atoms with Gasteiger partial charge in [0.1, 0.15) is 0 Å². The zero-order valence-electron chi connectivity index (χ0n) is 16.6. The Morgan fingerprint density at radius 3 is 2.79 bits per heavy atom. The SMILES string of the molecule is Cc1nc(N)ncc1C(=O)N[C@H]1C[C@H](C(=O)N(C)CCc2ccccn2)C[C@@H]1O. The lowest BCUT2D eigenvalue weighted by atomic mass is 10.1. The zero-order chi connectivity index (χ0) is 21.0. The minimum absolute atomic E-state index is 0.0382. The molecule has 29 heavy (non-hydrogen) atoms. The van der Waals surface area contributed by atoms with Gasteiger partial charge in [0, 0.05) is 44.0 Å². The molecule has 2 aromatic rings. The van der Waals surface area contributed by atoms with Crippen LogP contribution < -0.4 is 11.1 Å². The third-order valence-corrected chi connectivity index (χ3v) is 5.24. The average Bonchev–Trinajstić information content (AvgIpc) is 3.06. The molecule has 0 aliphatic heterocycles. The normalized spacial score (nSPS) is 21.0. The number of amides is 2. The summed E-state index contributed by atoms with van der Waals surface area (Å²) in [5.41, 5.74) is 7.20. The average molecular weight is 398 g/mol. The van der Waals surface area contributed by atoms with E-state index in [2.05, 4.69) is 20.3 Å². The Morgan fingerprint density at radius 1 is 1.31 bits per heavy atom. The van der Waals surface area contributed by atoms with Crippen molar-refractivity contribution in [3.63, 3.8) is 0 Å². The molecule has 2 amide bonds. The highest BCUT2D eigenvalue weighted by atomic mass is 16.3. The van der Waals surface area contributed by atoms with Gasteiger partial charge in [0.2, 0.25) is 11.9 Å². The van der Waals surface area contributed by atoms with Crippen molar-refractivity contribution in [2.45, 2.75) is 38.3 Å². The van der Waals surface area contributed by atoms with Crippen LogP contribution in [-0.2, 0) is 11.2 Å². The molecule has 2 heterocycles. The largest absolute Gasteiger partial charge is 0.391 e. The second-order valence-electron chi connectivity index (χ2n) is 7.37. The van der Waals surface area contributed by atoms with Crippen LogP contribution in [0.1, 0.15) is 34.6 Å². The van der Waals surface area contributed by atoms with Crippen LogP contribution in [0.4, 0.5) is 5.95 Å². The highest BCUT2D eigenvalue weighted by Crippen LogP contribution is 2.28. The summed E-state index contributed by atoms with van der Waals surface area (Å²) < 4.78 is 0. The van der Waals surface area contributed by atoms with Crippen LogP contribution in [-0.4, -0.2) is 62.5 Å². The standard InChI is InChI=1S/C20H26N6O3/c1-12-15(11-23-20(21)24-12)18(28)25-16-9-13(10-17(16)27)19(29)26(2)8-6-14-5-3-4-7-22-14/h3-5,7,11,13,16-17,27H,6,8-10H2,1-2H3,(H,25,28)(H2,21,23,24)/t13-,16-,17-/m0/s1. The Kier molecular flexibility index (Phi) is 6.38. The van der Waals surface area contributed by atoms with E-state index < -0.39 is 12.1 Å². The number of nitrogens with two attached hydrogens (primary N) is 1. The van der Waals surface area contributed by atoms with E-state index in [1.807, 2.05) is 18.2 Å². The molecule has 0 radical (unpaired) electrons. The van der Waals surface area contributed by atoms with E-state index in [0.29, 0.717) is 37.1 Å². The predicted octanol–water partition coefficient (Wildman–Crippen LogP) is 0.333. The number of nitrogen functional groups attached to an aromatic ring is 1. The van der Waals surface area contributed by atoms with Crippen LogP contribution >= 0.6 is 0 Å². The first-order valence-electron chi connectivity index (χ1n) is 9.58. The van der Waals surface area contributed by atoms with Crippen molar-refractivity contribution < 1.29 is 14.7 Å². The molecule has 9 nitrogen and oxygen atoms in total. The van der Waals surface area contributed by atoms with Crippen LogP contribution in [0.5, 0.6) is 0 Å². The molecule has 0 unspecified atom stereocenters. The summed E-state index contributed by atoms with van der Waals surface area (Å²) >= 11 is 0. The van der Waals surface area contributed by atoms with E-state index in [1.54, 1.807) is 25.1 Å². The van der Waals surface area contributed by atoms with Crippen molar-refractivity contribution >= 4 is 17.8 Å². The number of carbonyl (C=O) groups excluding carboxylic acids is 2. The predicted molar refractivity (Wildman–Crippen MR) is 107 cm³/mol. The van der Waals surface area contributed by atoms with Crippen LogP contribution in [0.2, 0.25) is 0 Å². The number of aryl methyl sites for hydroxylation is 1. The molecule has 3 rings (SSSR count). The smallest absolute Gasteiger partial charge is 0.255 e. The lowest BCUT2D eigenvalue weighted by molar-refractivity contribution is -0.134. The summed E-state index contributed by atoms with van der Waals surface area (Å²) in [6, 6.07) is 5.19. The molecule has 1 fully saturated rings. The topological polar surface area (TPSA) is 134 Å². The minimum atomic E-state index is -0.785. The van der Waals surface area contributed by atoms with E-state index in [1.165, 1.54) is 6.20 Å². The fraction of sp³-hybridized carbons (Fsp3) is 0.450. The van der Waals surface area contributed by atoms with Gasteiger partial charge in [-0.15, -0.1) is 0 Å². The molecule has 9 heteroatoms. The van der Waals surface area contributed by atoms with E-state index in [9.17, 15) is 14.7 Å². The van der Waals surface area contributed by atoms with Crippen LogP contribution in [0.25, 0.3) is 0 Å². The molecule has 2 aromatic heterocycles. The number of likely N-dealkylation sites (N-methyl/N-ethyl adjacent to an activating group) is 1. The zero-order valence-corrected chi connectivity index (χ0v) is 16.6. The second-order valence-corrected chi connectivity index (χ2v) is 7.37. The van der Waals surface area contributed by atoms with Gasteiger partial charge in [-0.1, -0.05) is 6.07 Å². The third-order valence-electron chi connectivity index (χ3n) is 5.24. The Hall–Kier alpha value is -3.07. The third kappa shape index (κ3) is 5.05. The molecule has 1 aliphatic carbocycles. The van der Waals surface area contributed by atoms with Gasteiger partial charge < -0.3 is 21.1 Å². The number of hydrogen-bond donors (Lipinski definition) is 3. The lowest BCUT2D eigenvalue weighted by Crippen LogP contribution is -2.40. The van der Waals surface area contributed by atoms with Crippen molar-refractivity contribution in [1.82, 2.24) is 25.2 Å². The Labute approximate surface area is 169 Å². The molecule has 154 valence electrons. The number of aliphatic hydroxyl groups excluding tert-OH is 1. The van der Waals surface area contributed by atoms with Crippen LogP contribution in [0.3, 0.4) is 0 Å². The van der Waals surface area contributed by atoms with Gasteiger partial charge >= 0.3 is 0 Å². The van der Waals surface area contributed by atoms with Gasteiger partial charge in [0.05, 0.1) is 23.4 Å². The van der Waals surface area contributed by atoms with Crippen molar-refractivity contribution in [2.24, 2.45) is 5.92 Å². The molecule has 4 N–H and O–H groups in total. The van der Waals surface area contributed by atoms with E-state index in [-0.39, 0.29) is 23.7 Å². The van der Waals surface area contributed by atoms with Gasteiger partial charge in [-0.05, 0) is 31.9 Å². The lowest BCUT2D eigenvalue weighted by Gasteiger charge is -2.21. The first-order chi connectivity index (χ1) is 13.8. The monoisotopic (exact) mass is 398 g/mol. The van der Waals surface area contributed by atoms with Gasteiger partial charge in [-0.2, -0.15) is 0 Å². The van der Waals surface area contributed by atoms with Gasteiger partial charge in [0.15, 0.2) is 0 Å². The van der Waals surface area contributed by atoms with Gasteiger partial charge in [-0.3, -0.25) is 14.6 Å². The maximum atomic E-state index is 12.8. The van der Waals surface area contributed by atoms with Crippen molar-refractivity contribution in [3.05, 3.63) is 47.5 Å². The molecule has 0 aromatic carbocycles. The first kappa shape index (κ1) is 20.7. The molecular formula is C20H26N6O3. The summed E-state index contributed by atoms with van der Waals surface area (Å²) in [5, 5.41) is 13.2. The molecule has 0 spiro atoms. The summed E-state index contributed by atoms with van der Waals surface area (Å²) in [6.45, 7) is 2.21. The number of hydrogen-bond acceptors (Lipinski definition) is 7. The summed E-state index contributed by atoms with van der Waals surface area (Å²) in [6.07, 6.45) is 3.67. The number of nitrogens with zero attached hydrogens (tertiary/aromatic N) is 4. The van der Waals surface area contributed by atoms with Crippen LogP contribution in [0, 0.1) is 12.8 Å². The Balaban J connectivity index is 1.55. The number of aliphatic hydroxyl groups is 1. The molecular weight excluding hydrogens is 372 g/mol. The number of rotatable bonds is 6. The van der Waals surface area contributed by atoms with Crippen molar-refractivity contribution in [3.8, 4) is 0 Å². The van der Waals surface area contributed by atoms with Gasteiger partial charge in [-0.25, -0.2) is 9.97 Å². The van der Waals surface area contributed by atoms with E-state index in [0.717, 1.165) is 5.69 Å². The maximum absolute atomic E-state index is 12.8. The number of aromatic nitrogens is 3. The highest BCUT2D eigenvalue weighted by molar-refractivity contribution is 5.95. The molecule has 3 atom stereocenters. The molecule has 1 saturated carbocycles. The molecule has 0 saturated heterocycles. The fourth-order valence-corrected chi connectivity index (χ4v) is 3.58. The number of nitrogens with one attached hydrogen (secondary N) is 1. The van der Waals surface area contributed by atoms with Crippen LogP contribution in [0.15, 0.2) is 30.6 Å². The quantitative estimate of drug-likeness (QED) is 0.638. The number of carbonyl (C=O) groups is 2. The molecule has 0 bridgehead atoms. The van der Waals surface area contributed by atoms with Crippen molar-refractivity contribution in [2.75, 3.05) is 19.3 Å². The van der Waals surface area contributed by atoms with Crippen molar-refractivity contribution in [1.29, 1.82) is 0 Å². The van der Waals surface area contributed by atoms with E-state index in [4.69, 9.17) is 5.73 Å². The summed E-state index contributed by atoms with van der Waals surface area (Å²) in [7, 11) is 1.75. The fourth-order valence-electron chi connectivity index (χ4n) is 3.58. The maximum Gasteiger partial charge on any atom is 0.255 e. The Bertz CT molecular complexity index is 876. The second kappa shape index (κ2) is 8.95. The number of pyridine rings is 1. The minimum Gasteiger partial charge on any atom is -0.391 e. The first-order valence-corrected chi connectivity index (χ1v) is 9.58. The summed E-state index contributed by atoms with van der Waals surface area (Å²) in [4.78, 5) is 39.0. The van der Waals surface area contributed by atoms with E-state index >= 15 is 0 Å². The number of anilines is 1. The van der Waals surface area contributed by atoms with Gasteiger partial charge in [0.25, 0.3) is 5.91 Å².